The predicted molar refractivity (Wildman–Crippen MR) is 61.5 cm³/mol. The van der Waals surface area contributed by atoms with E-state index in [0.29, 0.717) is 0 Å². The van der Waals surface area contributed by atoms with Crippen LogP contribution in [0.25, 0.3) is 0 Å². The van der Waals surface area contributed by atoms with Crippen molar-refractivity contribution in [3.05, 3.63) is 47.4 Å². The Bertz CT molecular complexity index is 399. The lowest BCUT2D eigenvalue weighted by molar-refractivity contribution is -0.475. The van der Waals surface area contributed by atoms with E-state index in [9.17, 15) is 0 Å². The standard InChI is InChI=1S/C13H15N2/c1-15-8-6-12-11(3-2-4-13(12)15)10-5-7-14-9-10/h2-5,14H,1,6-9H2/q-1. The van der Waals surface area contributed by atoms with Crippen LogP contribution >= 0.6 is 0 Å². The Morgan fingerprint density at radius 3 is 3.27 bits per heavy atom. The van der Waals surface area contributed by atoms with E-state index in [0.717, 1.165) is 26.1 Å². The van der Waals surface area contributed by atoms with Crippen LogP contribution in [0.4, 0.5) is 0 Å². The Morgan fingerprint density at radius 2 is 2.47 bits per heavy atom. The minimum atomic E-state index is 1.01. The van der Waals surface area contributed by atoms with Crippen LogP contribution in [0.1, 0.15) is 6.42 Å². The number of rotatable bonds is 1. The van der Waals surface area contributed by atoms with E-state index in [1.54, 1.807) is 0 Å². The van der Waals surface area contributed by atoms with Crippen molar-refractivity contribution in [2.75, 3.05) is 19.6 Å². The van der Waals surface area contributed by atoms with Gasteiger partial charge in [-0.3, -0.25) is 0 Å². The van der Waals surface area contributed by atoms with E-state index >= 15 is 0 Å². The van der Waals surface area contributed by atoms with Gasteiger partial charge in [0.05, 0.1) is 6.72 Å². The van der Waals surface area contributed by atoms with Crippen molar-refractivity contribution in [2.45, 2.75) is 6.42 Å². The van der Waals surface area contributed by atoms with Crippen molar-refractivity contribution in [1.29, 1.82) is 0 Å². The van der Waals surface area contributed by atoms with Crippen molar-refractivity contribution in [3.8, 4) is 0 Å². The van der Waals surface area contributed by atoms with Gasteiger partial charge in [-0.1, -0.05) is 0 Å². The van der Waals surface area contributed by atoms with Gasteiger partial charge in [-0.25, -0.2) is 18.1 Å². The molecule has 0 atom stereocenters. The summed E-state index contributed by atoms with van der Waals surface area (Å²) in [7, 11) is 0. The molecule has 0 aromatic heterocycles. The fourth-order valence-electron chi connectivity index (χ4n) is 2.48. The van der Waals surface area contributed by atoms with Gasteiger partial charge in [0.2, 0.25) is 0 Å². The largest absolute Gasteiger partial charge is 0.319 e. The van der Waals surface area contributed by atoms with Gasteiger partial charge in [-0.05, 0) is 13.0 Å². The van der Waals surface area contributed by atoms with E-state index in [2.05, 4.69) is 41.3 Å². The van der Waals surface area contributed by atoms with Crippen molar-refractivity contribution in [3.63, 3.8) is 0 Å². The summed E-state index contributed by atoms with van der Waals surface area (Å²) < 4.78 is 2.10. The molecule has 0 bridgehead atoms. The monoisotopic (exact) mass is 199 g/mol. The van der Waals surface area contributed by atoms with Crippen LogP contribution < -0.4 is 5.32 Å². The smallest absolute Gasteiger partial charge is 0.124 e. The first kappa shape index (κ1) is 8.86. The maximum Gasteiger partial charge on any atom is 0.124 e. The van der Waals surface area contributed by atoms with E-state index in [4.69, 9.17) is 0 Å². The first-order chi connectivity index (χ1) is 7.36. The molecule has 1 aliphatic carbocycles. The second kappa shape index (κ2) is 3.31. The van der Waals surface area contributed by atoms with Crippen LogP contribution in [-0.2, 0) is 0 Å². The lowest BCUT2D eigenvalue weighted by Gasteiger charge is -2.30. The van der Waals surface area contributed by atoms with Crippen molar-refractivity contribution < 1.29 is 4.58 Å². The zero-order chi connectivity index (χ0) is 10.3. The molecule has 1 saturated heterocycles. The van der Waals surface area contributed by atoms with Gasteiger partial charge in [0.25, 0.3) is 0 Å². The molecule has 3 rings (SSSR count). The molecule has 0 amide bonds. The van der Waals surface area contributed by atoms with Crippen LogP contribution in [0.5, 0.6) is 0 Å². The molecule has 2 aliphatic heterocycles. The topological polar surface area (TPSA) is 15.0 Å². The number of fused-ring (bicyclic) bond motifs is 1. The minimum absolute atomic E-state index is 1.01. The van der Waals surface area contributed by atoms with E-state index in [-0.39, 0.29) is 0 Å². The first-order valence-electron chi connectivity index (χ1n) is 5.46. The highest BCUT2D eigenvalue weighted by Crippen LogP contribution is 2.37. The van der Waals surface area contributed by atoms with Crippen LogP contribution in [0.3, 0.4) is 0 Å². The molecule has 1 fully saturated rings. The minimum Gasteiger partial charge on any atom is -0.319 e. The Balaban J connectivity index is 2.00. The lowest BCUT2D eigenvalue weighted by atomic mass is 9.89. The van der Waals surface area contributed by atoms with Gasteiger partial charge in [0.1, 0.15) is 6.54 Å². The van der Waals surface area contributed by atoms with E-state index < -0.39 is 0 Å². The number of nitrogens with one attached hydrogen (secondary N) is 1. The normalized spacial score (nSPS) is 24.4. The quantitative estimate of drug-likeness (QED) is 0.496. The van der Waals surface area contributed by atoms with E-state index in [1.807, 2.05) is 0 Å². The summed E-state index contributed by atoms with van der Waals surface area (Å²) in [5.41, 5.74) is 4.34. The number of hydrogen-bond acceptors (Lipinski definition) is 1. The van der Waals surface area contributed by atoms with Gasteiger partial charge < -0.3 is 9.89 Å². The van der Waals surface area contributed by atoms with Gasteiger partial charge in [-0.15, -0.1) is 11.6 Å². The second-order valence-electron chi connectivity index (χ2n) is 4.18. The molecule has 2 heteroatoms. The number of allylic oxidation sites excluding steroid dienone is 1. The molecule has 2 heterocycles. The van der Waals surface area contributed by atoms with Gasteiger partial charge in [0, 0.05) is 12.6 Å². The van der Waals surface area contributed by atoms with Gasteiger partial charge in [-0.2, -0.15) is 11.6 Å². The SMILES string of the molecule is C=[N+]1CCC2=C(C3=CCNC3)[CH-]C=C[C-]21. The van der Waals surface area contributed by atoms with Crippen LogP contribution in [-0.4, -0.2) is 30.9 Å². The Morgan fingerprint density at radius 1 is 1.53 bits per heavy atom. The third-order valence-corrected chi connectivity index (χ3v) is 3.28. The number of hydrogen-bond donors (Lipinski definition) is 1. The summed E-state index contributed by atoms with van der Waals surface area (Å²) in [6.45, 7) is 7.11. The van der Waals surface area contributed by atoms with Crippen molar-refractivity contribution in [2.24, 2.45) is 0 Å². The van der Waals surface area contributed by atoms with Crippen LogP contribution in [0, 0.1) is 12.5 Å². The molecule has 1 N–H and O–H groups in total. The summed E-state index contributed by atoms with van der Waals surface area (Å²) in [5, 5.41) is 3.35. The number of nitrogens with zero attached hydrogens (tertiary/aromatic N) is 1. The molecular weight excluding hydrogens is 184 g/mol. The Labute approximate surface area is 90.7 Å². The average molecular weight is 199 g/mol. The molecular formula is C13H15N2-. The molecule has 0 aromatic rings. The molecule has 0 aromatic carbocycles. The van der Waals surface area contributed by atoms with Crippen molar-refractivity contribution >= 4 is 6.72 Å². The summed E-state index contributed by atoms with van der Waals surface area (Å²) in [6.07, 6.45) is 9.96. The van der Waals surface area contributed by atoms with Crippen LogP contribution in [0.15, 0.2) is 34.9 Å². The molecule has 3 aliphatic rings. The highest BCUT2D eigenvalue weighted by molar-refractivity contribution is 5.55. The fraction of sp³-hybridized carbons (Fsp3) is 0.308. The zero-order valence-electron chi connectivity index (χ0n) is 8.79. The summed E-state index contributed by atoms with van der Waals surface area (Å²) in [5.74, 6) is 0. The molecule has 0 spiro atoms. The predicted octanol–water partition coefficient (Wildman–Crippen LogP) is 1.24. The molecule has 0 unspecified atom stereocenters. The maximum atomic E-state index is 4.04. The Hall–Kier alpha value is -1.41. The maximum absolute atomic E-state index is 4.04. The molecule has 0 radical (unpaired) electrons. The third-order valence-electron chi connectivity index (χ3n) is 3.28. The van der Waals surface area contributed by atoms with Crippen molar-refractivity contribution in [1.82, 2.24) is 5.32 Å². The summed E-state index contributed by atoms with van der Waals surface area (Å²) in [4.78, 5) is 0. The first-order valence-corrected chi connectivity index (χ1v) is 5.46. The average Bonchev–Trinajstić information content (AvgIpc) is 2.88. The third kappa shape index (κ3) is 1.33. The highest BCUT2D eigenvalue weighted by atomic mass is 15.0. The van der Waals surface area contributed by atoms with Gasteiger partial charge in [0.15, 0.2) is 0 Å². The summed E-state index contributed by atoms with van der Waals surface area (Å²) >= 11 is 0. The Kier molecular flexibility index (Phi) is 1.96. The molecule has 78 valence electrons. The van der Waals surface area contributed by atoms with Crippen LogP contribution in [0.2, 0.25) is 0 Å². The highest BCUT2D eigenvalue weighted by Gasteiger charge is 2.22. The molecule has 15 heavy (non-hydrogen) atoms. The fourth-order valence-corrected chi connectivity index (χ4v) is 2.48. The second-order valence-corrected chi connectivity index (χ2v) is 4.18. The van der Waals surface area contributed by atoms with E-state index in [1.165, 1.54) is 22.8 Å². The molecule has 2 nitrogen and oxygen atoms in total. The lowest BCUT2D eigenvalue weighted by Crippen LogP contribution is -2.13. The summed E-state index contributed by atoms with van der Waals surface area (Å²) in [6, 6.07) is 1.31. The van der Waals surface area contributed by atoms with Gasteiger partial charge >= 0.3 is 0 Å². The zero-order valence-corrected chi connectivity index (χ0v) is 8.79. The molecule has 0 saturated carbocycles.